The molecule has 8 nitrogen and oxygen atoms in total. The molecule has 0 amide bonds. The van der Waals surface area contributed by atoms with E-state index in [1.54, 1.807) is 0 Å². The fourth-order valence-electron chi connectivity index (χ4n) is 3.65. The van der Waals surface area contributed by atoms with Gasteiger partial charge in [0, 0.05) is 23.7 Å². The number of hydrogen-bond acceptors (Lipinski definition) is 8. The molecule has 2 rings (SSSR count). The molecule has 6 unspecified atom stereocenters. The SMILES string of the molecule is CC1CC(N(C)C)C(C)[C@@H](C)O1.CC1CC(N(C)C)C(O)[C@@H](O)O1.COC(=O)Cl. The van der Waals surface area contributed by atoms with Gasteiger partial charge in [0.2, 0.25) is 0 Å². The molecule has 2 aliphatic rings. The van der Waals surface area contributed by atoms with E-state index >= 15 is 0 Å². The van der Waals surface area contributed by atoms with E-state index in [2.05, 4.69) is 56.1 Å². The van der Waals surface area contributed by atoms with Crippen LogP contribution in [0.2, 0.25) is 0 Å². The maximum absolute atomic E-state index is 9.51. The number of nitrogens with zero attached hydrogens (tertiary/aromatic N) is 2. The highest BCUT2D eigenvalue weighted by Crippen LogP contribution is 2.27. The molecule has 0 saturated carbocycles. The lowest BCUT2D eigenvalue weighted by Crippen LogP contribution is -2.53. The topological polar surface area (TPSA) is 91.7 Å². The fraction of sp³-hybridized carbons (Fsp3) is 0.950. The highest BCUT2D eigenvalue weighted by Gasteiger charge is 2.36. The fourth-order valence-corrected chi connectivity index (χ4v) is 3.65. The average molecular weight is 441 g/mol. The summed E-state index contributed by atoms with van der Waals surface area (Å²) in [5, 5.41) is 18.8. The molecule has 2 saturated heterocycles. The van der Waals surface area contributed by atoms with Gasteiger partial charge in [0.1, 0.15) is 6.10 Å². The first-order chi connectivity index (χ1) is 13.3. The van der Waals surface area contributed by atoms with Crippen LogP contribution in [0.1, 0.15) is 40.5 Å². The van der Waals surface area contributed by atoms with Crippen LogP contribution in [0.4, 0.5) is 4.79 Å². The van der Waals surface area contributed by atoms with Crippen LogP contribution < -0.4 is 0 Å². The third-order valence-electron chi connectivity index (χ3n) is 5.49. The molecule has 2 fully saturated rings. The Labute approximate surface area is 181 Å². The van der Waals surface area contributed by atoms with Gasteiger partial charge in [-0.2, -0.15) is 0 Å². The average Bonchev–Trinajstić information content (AvgIpc) is 2.61. The molecule has 0 bridgehead atoms. The number of rotatable bonds is 2. The lowest BCUT2D eigenvalue weighted by Gasteiger charge is -2.41. The van der Waals surface area contributed by atoms with Crippen molar-refractivity contribution >= 4 is 17.0 Å². The van der Waals surface area contributed by atoms with Gasteiger partial charge >= 0.3 is 5.43 Å². The van der Waals surface area contributed by atoms with Gasteiger partial charge < -0.3 is 34.2 Å². The molecule has 2 heterocycles. The van der Waals surface area contributed by atoms with Crippen molar-refractivity contribution < 1.29 is 29.2 Å². The van der Waals surface area contributed by atoms with Crippen molar-refractivity contribution in [2.75, 3.05) is 35.3 Å². The van der Waals surface area contributed by atoms with Crippen LogP contribution >= 0.6 is 11.6 Å². The number of halogens is 1. The lowest BCUT2D eigenvalue weighted by atomic mass is 9.88. The smallest absolute Gasteiger partial charge is 0.403 e. The van der Waals surface area contributed by atoms with E-state index in [1.807, 2.05) is 25.9 Å². The van der Waals surface area contributed by atoms with Gasteiger partial charge in [-0.05, 0) is 67.7 Å². The molecule has 0 radical (unpaired) electrons. The Morgan fingerprint density at radius 3 is 1.76 bits per heavy atom. The predicted octanol–water partition coefficient (Wildman–Crippen LogP) is 2.15. The quantitative estimate of drug-likeness (QED) is 0.631. The van der Waals surface area contributed by atoms with E-state index in [9.17, 15) is 15.0 Å². The number of ether oxygens (including phenoxy) is 3. The van der Waals surface area contributed by atoms with Gasteiger partial charge in [-0.15, -0.1) is 0 Å². The standard InChI is InChI=1S/C10H21NO.C8H17NO3.C2H3ClO2/c1-7-6-10(11(4)5)8(2)9(3)12-7;1-5-4-6(9(2)3)7(10)8(11)12-5;1-5-2(3)4/h7-10H,6H2,1-5H3;5-8,10-11H,4H2,1-3H3;1H3/t7?,8?,9-,10?;5?,6?,7?,8-;/m10./s1. The Morgan fingerprint density at radius 1 is 0.931 bits per heavy atom. The second kappa shape index (κ2) is 13.7. The zero-order chi connectivity index (χ0) is 22.9. The number of aliphatic hydroxyl groups is 2. The van der Waals surface area contributed by atoms with Gasteiger partial charge in [0.25, 0.3) is 0 Å². The summed E-state index contributed by atoms with van der Waals surface area (Å²) < 4.78 is 14.7. The van der Waals surface area contributed by atoms with Crippen molar-refractivity contribution in [3.63, 3.8) is 0 Å². The summed E-state index contributed by atoms with van der Waals surface area (Å²) in [6.07, 6.45) is 0.918. The van der Waals surface area contributed by atoms with Crippen molar-refractivity contribution in [1.29, 1.82) is 0 Å². The first kappa shape index (κ1) is 28.5. The van der Waals surface area contributed by atoms with Crippen molar-refractivity contribution in [2.24, 2.45) is 5.92 Å². The van der Waals surface area contributed by atoms with E-state index in [0.29, 0.717) is 24.2 Å². The van der Waals surface area contributed by atoms with Crippen LogP contribution in [0, 0.1) is 5.92 Å². The van der Waals surface area contributed by atoms with Crippen LogP contribution in [0.25, 0.3) is 0 Å². The number of carbonyl (C=O) groups is 1. The summed E-state index contributed by atoms with van der Waals surface area (Å²) in [6.45, 7) is 8.52. The van der Waals surface area contributed by atoms with Crippen LogP contribution in [0.5, 0.6) is 0 Å². The zero-order valence-electron chi connectivity index (χ0n) is 19.3. The van der Waals surface area contributed by atoms with Crippen molar-refractivity contribution in [2.45, 2.75) is 83.3 Å². The van der Waals surface area contributed by atoms with E-state index in [-0.39, 0.29) is 12.1 Å². The molecule has 0 aromatic heterocycles. The summed E-state index contributed by atoms with van der Waals surface area (Å²) in [5.74, 6) is 0.649. The molecule has 0 aromatic carbocycles. The molecule has 0 aromatic rings. The zero-order valence-corrected chi connectivity index (χ0v) is 20.1. The second-order valence-corrected chi connectivity index (χ2v) is 8.62. The molecular weight excluding hydrogens is 400 g/mol. The third-order valence-corrected chi connectivity index (χ3v) is 5.64. The summed E-state index contributed by atoms with van der Waals surface area (Å²) >= 11 is 4.60. The first-order valence-corrected chi connectivity index (χ1v) is 10.4. The van der Waals surface area contributed by atoms with Crippen LogP contribution in [-0.2, 0) is 14.2 Å². The second-order valence-electron chi connectivity index (χ2n) is 8.31. The van der Waals surface area contributed by atoms with Gasteiger partial charge in [0.15, 0.2) is 6.29 Å². The molecule has 29 heavy (non-hydrogen) atoms. The minimum absolute atomic E-state index is 0.01000. The minimum Gasteiger partial charge on any atom is -0.457 e. The summed E-state index contributed by atoms with van der Waals surface area (Å²) in [5.41, 5.74) is -0.773. The normalized spacial score (nSPS) is 37.2. The molecule has 8 atom stereocenters. The highest BCUT2D eigenvalue weighted by molar-refractivity contribution is 6.61. The Kier molecular flexibility index (Phi) is 13.5. The van der Waals surface area contributed by atoms with Crippen molar-refractivity contribution in [3.05, 3.63) is 0 Å². The Bertz CT molecular complexity index is 434. The molecule has 174 valence electrons. The van der Waals surface area contributed by atoms with Gasteiger partial charge in [0.05, 0.1) is 25.4 Å². The third kappa shape index (κ3) is 10.4. The molecule has 2 N–H and O–H groups in total. The van der Waals surface area contributed by atoms with E-state index in [1.165, 1.54) is 13.5 Å². The highest BCUT2D eigenvalue weighted by atomic mass is 35.5. The number of aliphatic hydroxyl groups excluding tert-OH is 2. The number of methoxy groups -OCH3 is 1. The van der Waals surface area contributed by atoms with Gasteiger partial charge in [-0.1, -0.05) is 6.92 Å². The van der Waals surface area contributed by atoms with Crippen LogP contribution in [-0.4, -0.2) is 104 Å². The Hall–Kier alpha value is -0.480. The van der Waals surface area contributed by atoms with Crippen LogP contribution in [0.3, 0.4) is 0 Å². The van der Waals surface area contributed by atoms with E-state index in [4.69, 9.17) is 9.47 Å². The first-order valence-electron chi connectivity index (χ1n) is 10.0. The largest absolute Gasteiger partial charge is 0.457 e. The van der Waals surface area contributed by atoms with Gasteiger partial charge in [-0.3, -0.25) is 0 Å². The Balaban J connectivity index is 0.000000442. The van der Waals surface area contributed by atoms with E-state index in [0.717, 1.165) is 6.42 Å². The molecule has 0 spiro atoms. The maximum atomic E-state index is 9.51. The molecule has 9 heteroatoms. The van der Waals surface area contributed by atoms with Crippen molar-refractivity contribution in [3.8, 4) is 0 Å². The number of hydrogen-bond donors (Lipinski definition) is 2. The van der Waals surface area contributed by atoms with E-state index < -0.39 is 17.8 Å². The number of carbonyl (C=O) groups excluding carboxylic acids is 1. The molecule has 2 aliphatic heterocycles. The monoisotopic (exact) mass is 440 g/mol. The van der Waals surface area contributed by atoms with Gasteiger partial charge in [-0.25, -0.2) is 4.79 Å². The molecule has 0 aliphatic carbocycles. The molecular formula is C20H41ClN2O6. The van der Waals surface area contributed by atoms with Crippen LogP contribution in [0.15, 0.2) is 0 Å². The summed E-state index contributed by atoms with van der Waals surface area (Å²) in [7, 11) is 9.31. The Morgan fingerprint density at radius 2 is 1.34 bits per heavy atom. The summed E-state index contributed by atoms with van der Waals surface area (Å²) in [4.78, 5) is 13.6. The summed E-state index contributed by atoms with van der Waals surface area (Å²) in [6, 6.07) is 0.674. The predicted molar refractivity (Wildman–Crippen MR) is 114 cm³/mol. The maximum Gasteiger partial charge on any atom is 0.403 e. The lowest BCUT2D eigenvalue weighted by molar-refractivity contribution is -0.230. The van der Waals surface area contributed by atoms with Crippen molar-refractivity contribution in [1.82, 2.24) is 9.80 Å². The minimum atomic E-state index is -1.04. The number of likely N-dealkylation sites (N-methyl/N-ethyl adjacent to an activating group) is 1.